The molecule has 3 nitrogen and oxygen atoms in total. The maximum absolute atomic E-state index is 12.8. The third-order valence-corrected chi connectivity index (χ3v) is 3.84. The van der Waals surface area contributed by atoms with Crippen LogP contribution in [0.2, 0.25) is 0 Å². The molecule has 2 heterocycles. The number of benzene rings is 2. The summed E-state index contributed by atoms with van der Waals surface area (Å²) in [5.74, 6) is 0. The number of para-hydroxylation sites is 1. The van der Waals surface area contributed by atoms with Crippen molar-refractivity contribution in [2.24, 2.45) is 0 Å². The van der Waals surface area contributed by atoms with Crippen LogP contribution in [0.4, 0.5) is 0 Å². The lowest BCUT2D eigenvalue weighted by atomic mass is 10.0. The summed E-state index contributed by atoms with van der Waals surface area (Å²) >= 11 is 0. The highest BCUT2D eigenvalue weighted by atomic mass is 16.3. The second kappa shape index (κ2) is 4.81. The molecule has 2 aromatic heterocycles. The SMILES string of the molecule is Cc1ccc(-c2ccnc3oc4ccccc4c(=O)c23)cc1. The van der Waals surface area contributed by atoms with E-state index in [0.29, 0.717) is 22.1 Å². The van der Waals surface area contributed by atoms with Crippen LogP contribution in [-0.2, 0) is 0 Å². The zero-order valence-corrected chi connectivity index (χ0v) is 12.0. The zero-order valence-electron chi connectivity index (χ0n) is 12.0. The van der Waals surface area contributed by atoms with Gasteiger partial charge in [-0.25, -0.2) is 4.98 Å². The number of pyridine rings is 1. The van der Waals surface area contributed by atoms with E-state index in [-0.39, 0.29) is 5.43 Å². The van der Waals surface area contributed by atoms with Crippen LogP contribution in [0, 0.1) is 6.92 Å². The van der Waals surface area contributed by atoms with Gasteiger partial charge in [0, 0.05) is 6.20 Å². The van der Waals surface area contributed by atoms with Crippen LogP contribution in [-0.4, -0.2) is 4.98 Å². The Hall–Kier alpha value is -2.94. The molecule has 0 saturated heterocycles. The van der Waals surface area contributed by atoms with Gasteiger partial charge in [0.15, 0.2) is 0 Å². The second-order valence-electron chi connectivity index (χ2n) is 5.33. The summed E-state index contributed by atoms with van der Waals surface area (Å²) < 4.78 is 5.80. The van der Waals surface area contributed by atoms with Crippen molar-refractivity contribution < 1.29 is 4.42 Å². The number of hydrogen-bond donors (Lipinski definition) is 0. The van der Waals surface area contributed by atoms with Gasteiger partial charge in [-0.2, -0.15) is 0 Å². The van der Waals surface area contributed by atoms with Crippen LogP contribution in [0.3, 0.4) is 0 Å². The minimum absolute atomic E-state index is 0.0412. The fraction of sp³-hybridized carbons (Fsp3) is 0.0526. The summed E-state index contributed by atoms with van der Waals surface area (Å²) in [6, 6.07) is 17.2. The Morgan fingerprint density at radius 1 is 0.955 bits per heavy atom. The fourth-order valence-corrected chi connectivity index (χ4v) is 2.70. The van der Waals surface area contributed by atoms with E-state index in [1.807, 2.05) is 49.4 Å². The van der Waals surface area contributed by atoms with Crippen molar-refractivity contribution >= 4 is 22.1 Å². The summed E-state index contributed by atoms with van der Waals surface area (Å²) in [4.78, 5) is 17.1. The molecule has 0 spiro atoms. The Morgan fingerprint density at radius 3 is 2.55 bits per heavy atom. The first-order valence-electron chi connectivity index (χ1n) is 7.11. The predicted octanol–water partition coefficient (Wildman–Crippen LogP) is 4.32. The van der Waals surface area contributed by atoms with E-state index < -0.39 is 0 Å². The van der Waals surface area contributed by atoms with Crippen molar-refractivity contribution in [3.05, 3.63) is 76.6 Å². The molecule has 0 saturated carbocycles. The van der Waals surface area contributed by atoms with E-state index in [9.17, 15) is 4.79 Å². The summed E-state index contributed by atoms with van der Waals surface area (Å²) in [6.45, 7) is 2.04. The van der Waals surface area contributed by atoms with Crippen molar-refractivity contribution in [2.45, 2.75) is 6.92 Å². The van der Waals surface area contributed by atoms with E-state index in [2.05, 4.69) is 4.98 Å². The highest BCUT2D eigenvalue weighted by molar-refractivity contribution is 5.97. The molecule has 3 heteroatoms. The third kappa shape index (κ3) is 1.91. The van der Waals surface area contributed by atoms with Gasteiger partial charge >= 0.3 is 0 Å². The number of hydrogen-bond acceptors (Lipinski definition) is 3. The lowest BCUT2D eigenvalue weighted by Gasteiger charge is -2.07. The van der Waals surface area contributed by atoms with E-state index in [1.165, 1.54) is 5.56 Å². The van der Waals surface area contributed by atoms with Gasteiger partial charge in [-0.15, -0.1) is 0 Å². The van der Waals surface area contributed by atoms with Crippen LogP contribution in [0.1, 0.15) is 5.56 Å². The molecule has 4 aromatic rings. The van der Waals surface area contributed by atoms with Crippen molar-refractivity contribution in [2.75, 3.05) is 0 Å². The minimum Gasteiger partial charge on any atom is -0.437 e. The average molecular weight is 287 g/mol. The molecule has 0 aliphatic carbocycles. The molecule has 22 heavy (non-hydrogen) atoms. The quantitative estimate of drug-likeness (QED) is 0.490. The minimum atomic E-state index is -0.0412. The van der Waals surface area contributed by atoms with Gasteiger partial charge in [0.2, 0.25) is 11.1 Å². The van der Waals surface area contributed by atoms with E-state index in [1.54, 1.807) is 18.3 Å². The monoisotopic (exact) mass is 287 g/mol. The summed E-state index contributed by atoms with van der Waals surface area (Å²) in [5, 5.41) is 1.11. The van der Waals surface area contributed by atoms with Crippen molar-refractivity contribution in [1.29, 1.82) is 0 Å². The van der Waals surface area contributed by atoms with Crippen LogP contribution < -0.4 is 5.43 Å². The van der Waals surface area contributed by atoms with Gasteiger partial charge < -0.3 is 4.42 Å². The molecule has 0 unspecified atom stereocenters. The molecule has 0 N–H and O–H groups in total. The molecule has 0 fully saturated rings. The third-order valence-electron chi connectivity index (χ3n) is 3.84. The molecular weight excluding hydrogens is 274 g/mol. The highest BCUT2D eigenvalue weighted by Crippen LogP contribution is 2.27. The molecule has 0 atom stereocenters. The van der Waals surface area contributed by atoms with Crippen molar-refractivity contribution in [3.63, 3.8) is 0 Å². The van der Waals surface area contributed by atoms with Crippen LogP contribution in [0.5, 0.6) is 0 Å². The van der Waals surface area contributed by atoms with Crippen LogP contribution >= 0.6 is 0 Å². The standard InChI is InChI=1S/C19H13NO2/c1-12-6-8-13(9-7-12)14-10-11-20-19-17(14)18(21)15-4-2-3-5-16(15)22-19/h2-11H,1H3. The summed E-state index contributed by atoms with van der Waals surface area (Å²) in [7, 11) is 0. The van der Waals surface area contributed by atoms with Crippen LogP contribution in [0.15, 0.2) is 70.0 Å². The number of aryl methyl sites for hydroxylation is 1. The van der Waals surface area contributed by atoms with Gasteiger partial charge in [-0.05, 0) is 36.2 Å². The number of nitrogens with zero attached hydrogens (tertiary/aromatic N) is 1. The van der Waals surface area contributed by atoms with Crippen molar-refractivity contribution in [3.8, 4) is 11.1 Å². The first-order chi connectivity index (χ1) is 10.7. The van der Waals surface area contributed by atoms with Gasteiger partial charge in [0.05, 0.1) is 10.8 Å². The first-order valence-corrected chi connectivity index (χ1v) is 7.11. The smallest absolute Gasteiger partial charge is 0.231 e. The van der Waals surface area contributed by atoms with E-state index in [0.717, 1.165) is 11.1 Å². The number of aromatic nitrogens is 1. The van der Waals surface area contributed by atoms with Gasteiger partial charge in [0.25, 0.3) is 0 Å². The van der Waals surface area contributed by atoms with Crippen LogP contribution in [0.25, 0.3) is 33.2 Å². The molecule has 0 bridgehead atoms. The van der Waals surface area contributed by atoms with Gasteiger partial charge in [0.1, 0.15) is 5.58 Å². The molecule has 0 aliphatic heterocycles. The maximum Gasteiger partial charge on any atom is 0.231 e. The topological polar surface area (TPSA) is 43.1 Å². The lowest BCUT2D eigenvalue weighted by molar-refractivity contribution is 0.645. The molecule has 0 amide bonds. The normalized spacial score (nSPS) is 11.1. The lowest BCUT2D eigenvalue weighted by Crippen LogP contribution is -2.04. The number of fused-ring (bicyclic) bond motifs is 2. The Labute approximate surface area is 126 Å². The van der Waals surface area contributed by atoms with Crippen molar-refractivity contribution in [1.82, 2.24) is 4.98 Å². The highest BCUT2D eigenvalue weighted by Gasteiger charge is 2.13. The summed E-state index contributed by atoms with van der Waals surface area (Å²) in [6.07, 6.45) is 1.68. The Morgan fingerprint density at radius 2 is 1.73 bits per heavy atom. The van der Waals surface area contributed by atoms with Gasteiger partial charge in [-0.3, -0.25) is 4.79 Å². The Balaban J connectivity index is 2.14. The second-order valence-corrected chi connectivity index (χ2v) is 5.33. The Bertz CT molecular complexity index is 1050. The Kier molecular flexibility index (Phi) is 2.79. The zero-order chi connectivity index (χ0) is 15.1. The summed E-state index contributed by atoms with van der Waals surface area (Å²) in [5.41, 5.74) is 3.92. The molecular formula is C19H13NO2. The largest absolute Gasteiger partial charge is 0.437 e. The van der Waals surface area contributed by atoms with Gasteiger partial charge in [-0.1, -0.05) is 42.0 Å². The van der Waals surface area contributed by atoms with E-state index >= 15 is 0 Å². The van der Waals surface area contributed by atoms with E-state index in [4.69, 9.17) is 4.42 Å². The maximum atomic E-state index is 12.8. The fourth-order valence-electron chi connectivity index (χ4n) is 2.70. The first kappa shape index (κ1) is 12.8. The molecule has 0 aliphatic rings. The molecule has 4 rings (SSSR count). The molecule has 106 valence electrons. The molecule has 0 radical (unpaired) electrons. The number of rotatable bonds is 1. The molecule has 2 aromatic carbocycles. The predicted molar refractivity (Wildman–Crippen MR) is 88.0 cm³/mol. The average Bonchev–Trinajstić information content (AvgIpc) is 2.55.